The molecule has 0 amide bonds. The monoisotopic (exact) mass is 358 g/mol. The van der Waals surface area contributed by atoms with Gasteiger partial charge < -0.3 is 14.7 Å². The molecule has 0 unspecified atom stereocenters. The number of ether oxygens (including phenoxy) is 2. The van der Waals surface area contributed by atoms with Gasteiger partial charge in [0, 0.05) is 23.2 Å². The first kappa shape index (κ1) is 16.8. The minimum absolute atomic E-state index is 0.460. The van der Waals surface area contributed by atoms with Crippen molar-refractivity contribution in [3.05, 3.63) is 78.3 Å². The topological polar surface area (TPSA) is 58.3 Å². The van der Waals surface area contributed by atoms with Gasteiger partial charge in [-0.1, -0.05) is 30.3 Å². The summed E-state index contributed by atoms with van der Waals surface area (Å²) in [6.07, 6.45) is 3.22. The van der Waals surface area contributed by atoms with Crippen molar-refractivity contribution in [2.45, 2.75) is 0 Å². The lowest BCUT2D eigenvalue weighted by Crippen LogP contribution is -2.29. The highest BCUT2D eigenvalue weighted by atomic mass is 16.5. The van der Waals surface area contributed by atoms with Gasteiger partial charge in [-0.15, -0.1) is 0 Å². The van der Waals surface area contributed by atoms with Gasteiger partial charge in [0.25, 0.3) is 5.69 Å². The molecule has 4 aromatic rings. The zero-order valence-corrected chi connectivity index (χ0v) is 15.0. The zero-order valence-electron chi connectivity index (χ0n) is 15.0. The Labute approximate surface area is 157 Å². The number of fused-ring (bicyclic) bond motifs is 1. The molecule has 134 valence electrons. The Kier molecular flexibility index (Phi) is 4.34. The summed E-state index contributed by atoms with van der Waals surface area (Å²) in [5.74, 6) is 1.39. The maximum atomic E-state index is 12.7. The fourth-order valence-corrected chi connectivity index (χ4v) is 3.34. The molecule has 0 saturated heterocycles. The molecular weight excluding hydrogens is 340 g/mol. The van der Waals surface area contributed by atoms with Crippen LogP contribution in [0, 0.1) is 5.21 Å². The van der Waals surface area contributed by atoms with E-state index in [9.17, 15) is 5.21 Å². The van der Waals surface area contributed by atoms with Crippen LogP contribution in [0.2, 0.25) is 0 Å². The molecule has 0 aliphatic heterocycles. The van der Waals surface area contributed by atoms with Crippen molar-refractivity contribution >= 4 is 10.9 Å². The van der Waals surface area contributed by atoms with E-state index in [2.05, 4.69) is 4.98 Å². The fourth-order valence-electron chi connectivity index (χ4n) is 3.34. The van der Waals surface area contributed by atoms with Crippen molar-refractivity contribution in [1.29, 1.82) is 0 Å². The normalized spacial score (nSPS) is 10.7. The van der Waals surface area contributed by atoms with Crippen LogP contribution in [0.25, 0.3) is 33.3 Å². The third-order valence-corrected chi connectivity index (χ3v) is 4.57. The van der Waals surface area contributed by atoms with Gasteiger partial charge in [-0.05, 0) is 29.8 Å². The molecule has 0 radical (unpaired) electrons. The average molecular weight is 358 g/mol. The number of para-hydroxylation sites is 2. The van der Waals surface area contributed by atoms with Gasteiger partial charge in [0.15, 0.2) is 6.20 Å². The van der Waals surface area contributed by atoms with E-state index in [1.54, 1.807) is 26.5 Å². The summed E-state index contributed by atoms with van der Waals surface area (Å²) in [6.45, 7) is 0. The average Bonchev–Trinajstić information content (AvgIpc) is 2.73. The predicted molar refractivity (Wildman–Crippen MR) is 105 cm³/mol. The quantitative estimate of drug-likeness (QED) is 0.405. The maximum absolute atomic E-state index is 12.7. The number of benzene rings is 2. The third-order valence-electron chi connectivity index (χ3n) is 4.57. The van der Waals surface area contributed by atoms with Gasteiger partial charge in [-0.3, -0.25) is 0 Å². The number of aromatic nitrogens is 2. The van der Waals surface area contributed by atoms with Gasteiger partial charge >= 0.3 is 0 Å². The van der Waals surface area contributed by atoms with E-state index >= 15 is 0 Å². The number of nitrogens with zero attached hydrogens (tertiary/aromatic N) is 2. The van der Waals surface area contributed by atoms with Crippen LogP contribution in [-0.4, -0.2) is 19.2 Å². The van der Waals surface area contributed by atoms with E-state index in [0.29, 0.717) is 22.5 Å². The second-order valence-corrected chi connectivity index (χ2v) is 6.01. The lowest BCUT2D eigenvalue weighted by molar-refractivity contribution is -0.592. The minimum Gasteiger partial charge on any atom is -0.618 e. The van der Waals surface area contributed by atoms with Gasteiger partial charge in [-0.25, -0.2) is 4.98 Å². The molecule has 0 bridgehead atoms. The Hall–Kier alpha value is -3.60. The van der Waals surface area contributed by atoms with Crippen LogP contribution < -0.4 is 14.2 Å². The van der Waals surface area contributed by atoms with Crippen LogP contribution >= 0.6 is 0 Å². The first-order valence-corrected chi connectivity index (χ1v) is 8.52. The summed E-state index contributed by atoms with van der Waals surface area (Å²) in [4.78, 5) is 4.52. The number of pyridine rings is 2. The number of methoxy groups -OCH3 is 2. The van der Waals surface area contributed by atoms with Crippen LogP contribution in [0.3, 0.4) is 0 Å². The molecular formula is C22H18N2O3. The molecule has 5 heteroatoms. The molecule has 0 fully saturated rings. The Balaban J connectivity index is 2.05. The predicted octanol–water partition coefficient (Wildman–Crippen LogP) is 4.22. The van der Waals surface area contributed by atoms with E-state index in [4.69, 9.17) is 9.47 Å². The lowest BCUT2D eigenvalue weighted by atomic mass is 9.99. The Bertz CT molecular complexity index is 1130. The van der Waals surface area contributed by atoms with Crippen LogP contribution in [0.1, 0.15) is 0 Å². The molecule has 0 N–H and O–H groups in total. The SMILES string of the molecule is COc1ccccc1-c1ccnc2c(-c3ccccc3OC)[n+]([O-])ccc12. The van der Waals surface area contributed by atoms with E-state index in [1.807, 2.05) is 54.6 Å². The van der Waals surface area contributed by atoms with Crippen LogP contribution in [-0.2, 0) is 0 Å². The molecule has 0 saturated carbocycles. The molecule has 4 rings (SSSR count). The first-order chi connectivity index (χ1) is 13.2. The van der Waals surface area contributed by atoms with Gasteiger partial charge in [-0.2, -0.15) is 4.73 Å². The van der Waals surface area contributed by atoms with Crippen molar-refractivity contribution < 1.29 is 14.2 Å². The molecule has 2 heterocycles. The van der Waals surface area contributed by atoms with Crippen molar-refractivity contribution in [3.8, 4) is 33.9 Å². The molecule has 27 heavy (non-hydrogen) atoms. The van der Waals surface area contributed by atoms with E-state index < -0.39 is 0 Å². The molecule has 0 spiro atoms. The van der Waals surface area contributed by atoms with Gasteiger partial charge in [0.2, 0.25) is 0 Å². The zero-order chi connectivity index (χ0) is 18.8. The van der Waals surface area contributed by atoms with Gasteiger partial charge in [0.05, 0.1) is 19.8 Å². The maximum Gasteiger partial charge on any atom is 0.254 e. The third kappa shape index (κ3) is 2.83. The second-order valence-electron chi connectivity index (χ2n) is 6.01. The first-order valence-electron chi connectivity index (χ1n) is 8.52. The van der Waals surface area contributed by atoms with E-state index in [1.165, 1.54) is 6.20 Å². The van der Waals surface area contributed by atoms with E-state index in [-0.39, 0.29) is 0 Å². The molecule has 2 aromatic heterocycles. The summed E-state index contributed by atoms with van der Waals surface area (Å²) >= 11 is 0. The molecule has 0 aliphatic carbocycles. The Morgan fingerprint density at radius 2 is 1.41 bits per heavy atom. The van der Waals surface area contributed by atoms with E-state index in [0.717, 1.165) is 27.0 Å². The van der Waals surface area contributed by atoms with Crippen LogP contribution in [0.5, 0.6) is 11.5 Å². The number of hydrogen-bond acceptors (Lipinski definition) is 4. The van der Waals surface area contributed by atoms with Crippen molar-refractivity contribution in [3.63, 3.8) is 0 Å². The van der Waals surface area contributed by atoms with Crippen LogP contribution in [0.4, 0.5) is 0 Å². The number of rotatable bonds is 4. The van der Waals surface area contributed by atoms with Crippen LogP contribution in [0.15, 0.2) is 73.1 Å². The summed E-state index contributed by atoms with van der Waals surface area (Å²) in [7, 11) is 3.24. The van der Waals surface area contributed by atoms with Crippen molar-refractivity contribution in [2.24, 2.45) is 0 Å². The fraction of sp³-hybridized carbons (Fsp3) is 0.0909. The van der Waals surface area contributed by atoms with Crippen molar-refractivity contribution in [2.75, 3.05) is 14.2 Å². The molecule has 2 aromatic carbocycles. The number of hydrogen-bond donors (Lipinski definition) is 0. The largest absolute Gasteiger partial charge is 0.618 e. The lowest BCUT2D eigenvalue weighted by Gasteiger charge is -2.14. The highest BCUT2D eigenvalue weighted by molar-refractivity contribution is 6.01. The summed E-state index contributed by atoms with van der Waals surface area (Å²) < 4.78 is 11.8. The summed E-state index contributed by atoms with van der Waals surface area (Å²) in [5.41, 5.74) is 3.67. The smallest absolute Gasteiger partial charge is 0.254 e. The molecule has 0 atom stereocenters. The minimum atomic E-state index is 0.460. The summed E-state index contributed by atoms with van der Waals surface area (Å²) in [6, 6.07) is 19.0. The van der Waals surface area contributed by atoms with Crippen molar-refractivity contribution in [1.82, 2.24) is 4.98 Å². The Morgan fingerprint density at radius 1 is 0.778 bits per heavy atom. The highest BCUT2D eigenvalue weighted by Crippen LogP contribution is 2.37. The second kappa shape index (κ2) is 6.96. The molecule has 5 nitrogen and oxygen atoms in total. The van der Waals surface area contributed by atoms with Gasteiger partial charge in [0.1, 0.15) is 17.0 Å². The molecule has 0 aliphatic rings. The standard InChI is InChI=1S/C22H18N2O3/c1-26-19-9-5-3-7-16(19)15-11-13-23-21-17(15)12-14-24(25)22(21)18-8-4-6-10-20(18)27-2/h3-14H,1-2H3. The summed E-state index contributed by atoms with van der Waals surface area (Å²) in [5, 5.41) is 13.5. The Morgan fingerprint density at radius 3 is 2.11 bits per heavy atom. The highest BCUT2D eigenvalue weighted by Gasteiger charge is 2.21.